The van der Waals surface area contributed by atoms with Crippen LogP contribution < -0.4 is 0 Å². The minimum atomic E-state index is 0.644. The highest BCUT2D eigenvalue weighted by molar-refractivity contribution is 9.10. The molecule has 1 heterocycles. The zero-order chi connectivity index (χ0) is 13.2. The molecule has 3 aromatic rings. The Morgan fingerprint density at radius 1 is 1.21 bits per heavy atom. The molecule has 3 rings (SSSR count). The average Bonchev–Trinajstić information content (AvgIpc) is 2.79. The van der Waals surface area contributed by atoms with Gasteiger partial charge in [0.1, 0.15) is 5.82 Å². The number of hydrogen-bond acceptors (Lipinski definition) is 2. The van der Waals surface area contributed by atoms with Gasteiger partial charge in [0.15, 0.2) is 0 Å². The highest BCUT2D eigenvalue weighted by Gasteiger charge is 2.05. The molecule has 0 unspecified atom stereocenters. The van der Waals surface area contributed by atoms with Crippen molar-refractivity contribution in [2.24, 2.45) is 0 Å². The smallest absolute Gasteiger partial charge is 0.111 e. The molecule has 0 saturated carbocycles. The number of rotatable bonds is 2. The zero-order valence-electron chi connectivity index (χ0n) is 10.0. The maximum Gasteiger partial charge on any atom is 0.111 e. The van der Waals surface area contributed by atoms with Gasteiger partial charge in [-0.3, -0.25) is 0 Å². The van der Waals surface area contributed by atoms with E-state index in [1.165, 1.54) is 5.56 Å². The SMILES string of the molecule is N#Cc1ccc2nc(Cc3cccc(Br)c3)[nH]c2c1. The highest BCUT2D eigenvalue weighted by Crippen LogP contribution is 2.17. The standard InChI is InChI=1S/C15H10BrN3/c16-12-3-1-2-10(6-12)8-15-18-13-5-4-11(9-17)7-14(13)19-15/h1-7H,8H2,(H,18,19). The summed E-state index contributed by atoms with van der Waals surface area (Å²) in [6.45, 7) is 0. The van der Waals surface area contributed by atoms with Crippen LogP contribution in [0.15, 0.2) is 46.9 Å². The lowest BCUT2D eigenvalue weighted by Crippen LogP contribution is -1.90. The van der Waals surface area contributed by atoms with Crippen LogP contribution in [0.3, 0.4) is 0 Å². The van der Waals surface area contributed by atoms with Crippen molar-refractivity contribution in [1.82, 2.24) is 9.97 Å². The van der Waals surface area contributed by atoms with Crippen molar-refractivity contribution in [2.45, 2.75) is 6.42 Å². The molecule has 1 N–H and O–H groups in total. The van der Waals surface area contributed by atoms with Crippen LogP contribution in [0.2, 0.25) is 0 Å². The minimum absolute atomic E-state index is 0.644. The van der Waals surface area contributed by atoms with Crippen LogP contribution in [0, 0.1) is 11.3 Å². The van der Waals surface area contributed by atoms with Gasteiger partial charge >= 0.3 is 0 Å². The van der Waals surface area contributed by atoms with E-state index in [4.69, 9.17) is 5.26 Å². The van der Waals surface area contributed by atoms with E-state index in [2.05, 4.69) is 44.1 Å². The quantitative estimate of drug-likeness (QED) is 0.783. The lowest BCUT2D eigenvalue weighted by Gasteiger charge is -1.98. The third-order valence-corrected chi connectivity index (χ3v) is 3.41. The molecule has 1 aromatic heterocycles. The predicted molar refractivity (Wildman–Crippen MR) is 77.8 cm³/mol. The Morgan fingerprint density at radius 3 is 2.89 bits per heavy atom. The number of H-pyrrole nitrogens is 1. The second-order valence-corrected chi connectivity index (χ2v) is 5.25. The molecule has 19 heavy (non-hydrogen) atoms. The number of hydrogen-bond donors (Lipinski definition) is 1. The first kappa shape index (κ1) is 11.9. The molecule has 0 spiro atoms. The molecule has 0 aliphatic rings. The van der Waals surface area contributed by atoms with E-state index >= 15 is 0 Å². The molecule has 3 nitrogen and oxygen atoms in total. The van der Waals surface area contributed by atoms with Gasteiger partial charge in [0, 0.05) is 10.9 Å². The summed E-state index contributed by atoms with van der Waals surface area (Å²) in [6.07, 6.45) is 0.746. The Kier molecular flexibility index (Phi) is 3.06. The van der Waals surface area contributed by atoms with Crippen molar-refractivity contribution < 1.29 is 0 Å². The summed E-state index contributed by atoms with van der Waals surface area (Å²) in [4.78, 5) is 7.79. The van der Waals surface area contributed by atoms with Crippen molar-refractivity contribution in [3.63, 3.8) is 0 Å². The number of nitrogens with zero attached hydrogens (tertiary/aromatic N) is 2. The summed E-state index contributed by atoms with van der Waals surface area (Å²) in [5.41, 5.74) is 3.63. The first-order valence-corrected chi connectivity index (χ1v) is 6.67. The van der Waals surface area contributed by atoms with Crippen molar-refractivity contribution in [3.05, 3.63) is 63.9 Å². The van der Waals surface area contributed by atoms with E-state index in [1.807, 2.05) is 24.3 Å². The van der Waals surface area contributed by atoms with E-state index in [0.717, 1.165) is 27.8 Å². The van der Waals surface area contributed by atoms with Gasteiger partial charge in [0.25, 0.3) is 0 Å². The average molecular weight is 312 g/mol. The summed E-state index contributed by atoms with van der Waals surface area (Å²) < 4.78 is 1.06. The van der Waals surface area contributed by atoms with Gasteiger partial charge in [-0.1, -0.05) is 28.1 Å². The van der Waals surface area contributed by atoms with Crippen LogP contribution in [-0.4, -0.2) is 9.97 Å². The Labute approximate surface area is 119 Å². The Balaban J connectivity index is 1.96. The number of halogens is 1. The minimum Gasteiger partial charge on any atom is -0.342 e. The number of aromatic nitrogens is 2. The molecule has 2 aromatic carbocycles. The molecule has 0 amide bonds. The fourth-order valence-electron chi connectivity index (χ4n) is 2.06. The lowest BCUT2D eigenvalue weighted by molar-refractivity contribution is 1.04. The van der Waals surface area contributed by atoms with Gasteiger partial charge in [0.05, 0.1) is 22.7 Å². The van der Waals surface area contributed by atoms with Gasteiger partial charge in [0.2, 0.25) is 0 Å². The van der Waals surface area contributed by atoms with E-state index in [1.54, 1.807) is 6.07 Å². The number of aromatic amines is 1. The third-order valence-electron chi connectivity index (χ3n) is 2.92. The maximum absolute atomic E-state index is 8.88. The topological polar surface area (TPSA) is 52.5 Å². The van der Waals surface area contributed by atoms with Crippen LogP contribution in [0.1, 0.15) is 17.0 Å². The molecule has 0 aliphatic heterocycles. The molecule has 0 radical (unpaired) electrons. The molecule has 0 saturated heterocycles. The van der Waals surface area contributed by atoms with Crippen LogP contribution in [0.25, 0.3) is 11.0 Å². The van der Waals surface area contributed by atoms with Crippen LogP contribution >= 0.6 is 15.9 Å². The van der Waals surface area contributed by atoms with Crippen molar-refractivity contribution in [1.29, 1.82) is 5.26 Å². The summed E-state index contributed by atoms with van der Waals surface area (Å²) in [7, 11) is 0. The van der Waals surface area contributed by atoms with Gasteiger partial charge in [-0.05, 0) is 35.9 Å². The summed E-state index contributed by atoms with van der Waals surface area (Å²) in [6, 6.07) is 15.8. The van der Waals surface area contributed by atoms with Gasteiger partial charge in [-0.2, -0.15) is 5.26 Å². The Morgan fingerprint density at radius 2 is 2.11 bits per heavy atom. The van der Waals surface area contributed by atoms with Crippen LogP contribution in [0.4, 0.5) is 0 Å². The second kappa shape index (κ2) is 4.87. The number of benzene rings is 2. The molecule has 0 bridgehead atoms. The molecule has 0 fully saturated rings. The van der Waals surface area contributed by atoms with Gasteiger partial charge in [-0.15, -0.1) is 0 Å². The second-order valence-electron chi connectivity index (χ2n) is 4.33. The Hall–Kier alpha value is -2.12. The molecule has 4 heteroatoms. The van der Waals surface area contributed by atoms with E-state index in [9.17, 15) is 0 Å². The number of nitrogens with one attached hydrogen (secondary N) is 1. The largest absolute Gasteiger partial charge is 0.342 e. The van der Waals surface area contributed by atoms with Crippen LogP contribution in [-0.2, 0) is 6.42 Å². The summed E-state index contributed by atoms with van der Waals surface area (Å²) >= 11 is 3.46. The number of nitriles is 1. The van der Waals surface area contributed by atoms with Crippen LogP contribution in [0.5, 0.6) is 0 Å². The van der Waals surface area contributed by atoms with E-state index in [0.29, 0.717) is 5.56 Å². The molecule has 92 valence electrons. The van der Waals surface area contributed by atoms with Crippen molar-refractivity contribution in [3.8, 4) is 6.07 Å². The zero-order valence-corrected chi connectivity index (χ0v) is 11.6. The lowest BCUT2D eigenvalue weighted by atomic mass is 10.1. The number of fused-ring (bicyclic) bond motifs is 1. The van der Waals surface area contributed by atoms with Crippen molar-refractivity contribution >= 4 is 27.0 Å². The molecule has 0 aliphatic carbocycles. The normalized spacial score (nSPS) is 10.5. The first-order valence-electron chi connectivity index (χ1n) is 5.88. The number of imidazole rings is 1. The fourth-order valence-corrected chi connectivity index (χ4v) is 2.50. The van der Waals surface area contributed by atoms with E-state index < -0.39 is 0 Å². The third kappa shape index (κ3) is 2.51. The molecular weight excluding hydrogens is 302 g/mol. The molecular formula is C15H10BrN3. The monoisotopic (exact) mass is 311 g/mol. The Bertz CT molecular complexity index is 783. The van der Waals surface area contributed by atoms with Crippen molar-refractivity contribution in [2.75, 3.05) is 0 Å². The summed E-state index contributed by atoms with van der Waals surface area (Å²) in [5.74, 6) is 0.906. The predicted octanol–water partition coefficient (Wildman–Crippen LogP) is 3.79. The summed E-state index contributed by atoms with van der Waals surface area (Å²) in [5, 5.41) is 8.88. The highest BCUT2D eigenvalue weighted by atomic mass is 79.9. The maximum atomic E-state index is 8.88. The fraction of sp³-hybridized carbons (Fsp3) is 0.0667. The first-order chi connectivity index (χ1) is 9.24. The van der Waals surface area contributed by atoms with Gasteiger partial charge < -0.3 is 4.98 Å². The molecule has 0 atom stereocenters. The van der Waals surface area contributed by atoms with E-state index in [-0.39, 0.29) is 0 Å². The van der Waals surface area contributed by atoms with Gasteiger partial charge in [-0.25, -0.2) is 4.98 Å².